The fourth-order valence-electron chi connectivity index (χ4n) is 1.94. The average Bonchev–Trinajstić information content (AvgIpc) is 2.66. The van der Waals surface area contributed by atoms with Crippen LogP contribution in [0.1, 0.15) is 20.8 Å². The molecule has 0 saturated heterocycles. The van der Waals surface area contributed by atoms with E-state index < -0.39 is 5.60 Å². The second kappa shape index (κ2) is 4.96. The second-order valence-corrected chi connectivity index (χ2v) is 5.64. The number of esters is 1. The topological polar surface area (TPSA) is 43.3 Å². The van der Waals surface area contributed by atoms with Crippen LogP contribution in [0.15, 0.2) is 30.5 Å². The molecule has 0 spiro atoms. The molecule has 4 nitrogen and oxygen atoms in total. The maximum absolute atomic E-state index is 11.6. The van der Waals surface area contributed by atoms with E-state index >= 15 is 0 Å². The lowest BCUT2D eigenvalue weighted by molar-refractivity contribution is -0.152. The summed E-state index contributed by atoms with van der Waals surface area (Å²) in [6.07, 6.45) is 2.02. The van der Waals surface area contributed by atoms with Crippen LogP contribution >= 0.6 is 0 Å². The number of aromatic nitrogens is 1. The normalized spacial score (nSPS) is 11.6. The Kier molecular flexibility index (Phi) is 3.51. The van der Waals surface area contributed by atoms with E-state index in [2.05, 4.69) is 9.88 Å². The number of benzene rings is 1. The molecule has 102 valence electrons. The Bertz CT molecular complexity index is 594. The molecule has 0 bridgehead atoms. The Morgan fingerprint density at radius 1 is 1.32 bits per heavy atom. The molecule has 0 amide bonds. The van der Waals surface area contributed by atoms with Crippen molar-refractivity contribution in [2.45, 2.75) is 26.4 Å². The molecule has 0 aliphatic rings. The summed E-state index contributed by atoms with van der Waals surface area (Å²) in [7, 11) is 2.01. The minimum absolute atomic E-state index is 0.176. The third kappa shape index (κ3) is 3.50. The van der Waals surface area contributed by atoms with E-state index in [1.54, 1.807) is 0 Å². The quantitative estimate of drug-likeness (QED) is 0.863. The van der Waals surface area contributed by atoms with E-state index in [1.165, 1.54) is 5.52 Å². The standard InChI is InChI=1S/C15H20N2O2/c1-15(2,3)19-14(18)10-16-12-5-6-13-11(9-12)7-8-17(13)4/h5-9,16H,10H2,1-4H3. The van der Waals surface area contributed by atoms with Gasteiger partial charge in [0.05, 0.1) is 0 Å². The Hall–Kier alpha value is -1.97. The van der Waals surface area contributed by atoms with Gasteiger partial charge < -0.3 is 14.6 Å². The zero-order chi connectivity index (χ0) is 14.0. The second-order valence-electron chi connectivity index (χ2n) is 5.64. The molecule has 0 aliphatic heterocycles. The van der Waals surface area contributed by atoms with Crippen LogP contribution in [0.2, 0.25) is 0 Å². The molecule has 2 aromatic rings. The number of carbonyl (C=O) groups is 1. The third-order valence-corrected chi connectivity index (χ3v) is 2.74. The van der Waals surface area contributed by atoms with Gasteiger partial charge >= 0.3 is 5.97 Å². The number of aryl methyl sites for hydroxylation is 1. The summed E-state index contributed by atoms with van der Waals surface area (Å²) in [6, 6.07) is 8.08. The van der Waals surface area contributed by atoms with E-state index in [0.29, 0.717) is 0 Å². The molecule has 0 aliphatic carbocycles. The fourth-order valence-corrected chi connectivity index (χ4v) is 1.94. The molecule has 0 atom stereocenters. The molecule has 1 aromatic heterocycles. The van der Waals surface area contributed by atoms with Crippen molar-refractivity contribution in [3.05, 3.63) is 30.5 Å². The monoisotopic (exact) mass is 260 g/mol. The van der Waals surface area contributed by atoms with Gasteiger partial charge in [-0.1, -0.05) is 0 Å². The van der Waals surface area contributed by atoms with E-state index in [-0.39, 0.29) is 12.5 Å². The van der Waals surface area contributed by atoms with E-state index in [4.69, 9.17) is 4.74 Å². The van der Waals surface area contributed by atoms with Gasteiger partial charge in [0.2, 0.25) is 0 Å². The van der Waals surface area contributed by atoms with Crippen molar-refractivity contribution < 1.29 is 9.53 Å². The van der Waals surface area contributed by atoms with Crippen LogP contribution in [-0.2, 0) is 16.6 Å². The molecule has 0 radical (unpaired) electrons. The first-order chi connectivity index (χ1) is 8.85. The fraction of sp³-hybridized carbons (Fsp3) is 0.400. The summed E-state index contributed by atoms with van der Waals surface area (Å²) >= 11 is 0. The maximum atomic E-state index is 11.6. The van der Waals surface area contributed by atoms with Crippen molar-refractivity contribution in [1.29, 1.82) is 0 Å². The van der Waals surface area contributed by atoms with Crippen molar-refractivity contribution in [3.8, 4) is 0 Å². The van der Waals surface area contributed by atoms with Crippen molar-refractivity contribution in [3.63, 3.8) is 0 Å². The molecule has 0 saturated carbocycles. The predicted octanol–water partition coefficient (Wildman–Crippen LogP) is 2.93. The van der Waals surface area contributed by atoms with Crippen molar-refractivity contribution in [2.24, 2.45) is 7.05 Å². The summed E-state index contributed by atoms with van der Waals surface area (Å²) in [6.45, 7) is 5.76. The highest BCUT2D eigenvalue weighted by Crippen LogP contribution is 2.19. The summed E-state index contributed by atoms with van der Waals surface area (Å²) in [5, 5.41) is 4.23. The molecular formula is C15H20N2O2. The third-order valence-electron chi connectivity index (χ3n) is 2.74. The van der Waals surface area contributed by atoms with Crippen molar-refractivity contribution >= 4 is 22.6 Å². The van der Waals surface area contributed by atoms with Crippen LogP contribution in [0, 0.1) is 0 Å². The number of nitrogens with one attached hydrogen (secondary N) is 1. The highest BCUT2D eigenvalue weighted by Gasteiger charge is 2.15. The Balaban J connectivity index is 2.00. The van der Waals surface area contributed by atoms with Gasteiger partial charge in [0, 0.05) is 29.8 Å². The SMILES string of the molecule is Cn1ccc2cc(NCC(=O)OC(C)(C)C)ccc21. The van der Waals surface area contributed by atoms with Gasteiger partial charge in [-0.3, -0.25) is 4.79 Å². The molecule has 19 heavy (non-hydrogen) atoms. The molecule has 0 unspecified atom stereocenters. The number of hydrogen-bond acceptors (Lipinski definition) is 3. The number of fused-ring (bicyclic) bond motifs is 1. The first-order valence-corrected chi connectivity index (χ1v) is 6.36. The molecule has 1 N–H and O–H groups in total. The van der Waals surface area contributed by atoms with E-state index in [9.17, 15) is 4.79 Å². The Morgan fingerprint density at radius 2 is 2.05 bits per heavy atom. The highest BCUT2D eigenvalue weighted by molar-refractivity contribution is 5.84. The Labute approximate surface area is 113 Å². The molecule has 4 heteroatoms. The number of rotatable bonds is 3. The van der Waals surface area contributed by atoms with Crippen molar-refractivity contribution in [2.75, 3.05) is 11.9 Å². The minimum Gasteiger partial charge on any atom is -0.459 e. The van der Waals surface area contributed by atoms with Gasteiger partial charge in [-0.25, -0.2) is 0 Å². The zero-order valence-corrected chi connectivity index (χ0v) is 11.9. The van der Waals surface area contributed by atoms with Crippen LogP contribution in [0.5, 0.6) is 0 Å². The van der Waals surface area contributed by atoms with Crippen molar-refractivity contribution in [1.82, 2.24) is 4.57 Å². The lowest BCUT2D eigenvalue weighted by Crippen LogP contribution is -2.28. The lowest BCUT2D eigenvalue weighted by Gasteiger charge is -2.19. The average molecular weight is 260 g/mol. The number of nitrogens with zero attached hydrogens (tertiary/aromatic N) is 1. The van der Waals surface area contributed by atoms with Crippen LogP contribution in [-0.4, -0.2) is 22.7 Å². The molecular weight excluding hydrogens is 240 g/mol. The van der Waals surface area contributed by atoms with Crippen LogP contribution in [0.25, 0.3) is 10.9 Å². The summed E-state index contributed by atoms with van der Waals surface area (Å²) < 4.78 is 7.31. The smallest absolute Gasteiger partial charge is 0.325 e. The first-order valence-electron chi connectivity index (χ1n) is 6.36. The summed E-state index contributed by atoms with van der Waals surface area (Å²) in [5.41, 5.74) is 1.65. The van der Waals surface area contributed by atoms with Gasteiger partial charge in [-0.15, -0.1) is 0 Å². The first kappa shape index (κ1) is 13.5. The van der Waals surface area contributed by atoms with Crippen LogP contribution < -0.4 is 5.32 Å². The highest BCUT2D eigenvalue weighted by atomic mass is 16.6. The summed E-state index contributed by atoms with van der Waals surface area (Å²) in [5.74, 6) is -0.249. The maximum Gasteiger partial charge on any atom is 0.325 e. The summed E-state index contributed by atoms with van der Waals surface area (Å²) in [4.78, 5) is 11.6. The van der Waals surface area contributed by atoms with Crippen LogP contribution in [0.3, 0.4) is 0 Å². The Morgan fingerprint density at radius 3 is 2.74 bits per heavy atom. The van der Waals surface area contributed by atoms with Gasteiger partial charge in [0.1, 0.15) is 12.1 Å². The molecule has 1 heterocycles. The van der Waals surface area contributed by atoms with Gasteiger partial charge in [0.25, 0.3) is 0 Å². The number of ether oxygens (including phenoxy) is 1. The molecule has 1 aromatic carbocycles. The van der Waals surface area contributed by atoms with Gasteiger partial charge in [-0.2, -0.15) is 0 Å². The van der Waals surface area contributed by atoms with Gasteiger partial charge in [0.15, 0.2) is 0 Å². The van der Waals surface area contributed by atoms with Gasteiger partial charge in [-0.05, 0) is 45.0 Å². The van der Waals surface area contributed by atoms with Crippen LogP contribution in [0.4, 0.5) is 5.69 Å². The van der Waals surface area contributed by atoms with E-state index in [0.717, 1.165) is 11.1 Å². The number of hydrogen-bond donors (Lipinski definition) is 1. The molecule has 2 rings (SSSR count). The minimum atomic E-state index is -0.442. The predicted molar refractivity (Wildman–Crippen MR) is 77.3 cm³/mol. The molecule has 0 fully saturated rings. The lowest BCUT2D eigenvalue weighted by atomic mass is 10.2. The number of anilines is 1. The van der Waals surface area contributed by atoms with E-state index in [1.807, 2.05) is 58.3 Å². The zero-order valence-electron chi connectivity index (χ0n) is 11.9. The largest absolute Gasteiger partial charge is 0.459 e. The number of carbonyl (C=O) groups excluding carboxylic acids is 1.